The number of alkyl halides is 3. The van der Waals surface area contributed by atoms with Crippen molar-refractivity contribution < 1.29 is 26.1 Å². The molecule has 2 aromatic carbocycles. The molecule has 2 heterocycles. The Morgan fingerprint density at radius 1 is 1.10 bits per heavy atom. The van der Waals surface area contributed by atoms with E-state index in [1.807, 2.05) is 12.1 Å². The molecular weight excluding hydrogens is 405 g/mol. The summed E-state index contributed by atoms with van der Waals surface area (Å²) in [6.07, 6.45) is -3.18. The van der Waals surface area contributed by atoms with Gasteiger partial charge in [-0.15, -0.1) is 0 Å². The van der Waals surface area contributed by atoms with Gasteiger partial charge < -0.3 is 4.52 Å². The third-order valence-electron chi connectivity index (χ3n) is 4.91. The van der Waals surface area contributed by atoms with Crippen LogP contribution in [0, 0.1) is 6.92 Å². The van der Waals surface area contributed by atoms with Crippen LogP contribution in [0.4, 0.5) is 18.9 Å². The minimum Gasteiger partial charge on any atom is -0.351 e. The Morgan fingerprint density at radius 3 is 2.59 bits per heavy atom. The van der Waals surface area contributed by atoms with Gasteiger partial charge in [0.2, 0.25) is 5.76 Å². The van der Waals surface area contributed by atoms with Gasteiger partial charge in [-0.05, 0) is 43.0 Å². The summed E-state index contributed by atoms with van der Waals surface area (Å²) in [5.41, 5.74) is 2.23. The first-order valence-corrected chi connectivity index (χ1v) is 10.4. The summed E-state index contributed by atoms with van der Waals surface area (Å²) in [6, 6.07) is 12.5. The molecule has 152 valence electrons. The van der Waals surface area contributed by atoms with E-state index in [2.05, 4.69) is 9.68 Å². The number of para-hydroxylation sites is 1. The third-order valence-corrected chi connectivity index (χ3v) is 6.86. The molecule has 0 aliphatic carbocycles. The quantitative estimate of drug-likeness (QED) is 0.608. The smallest absolute Gasteiger partial charge is 0.351 e. The monoisotopic (exact) mass is 422 g/mol. The van der Waals surface area contributed by atoms with Crippen molar-refractivity contribution in [1.29, 1.82) is 0 Å². The first-order valence-electron chi connectivity index (χ1n) is 8.93. The molecule has 3 aromatic rings. The average molecular weight is 422 g/mol. The molecule has 5 nitrogen and oxygen atoms in total. The van der Waals surface area contributed by atoms with Gasteiger partial charge in [0.25, 0.3) is 10.0 Å². The molecular formula is C20H17F3N2O3S. The highest BCUT2D eigenvalue weighted by Gasteiger charge is 2.36. The molecule has 9 heteroatoms. The highest BCUT2D eigenvalue weighted by Crippen LogP contribution is 2.36. The molecule has 0 atom stereocenters. The minimum absolute atomic E-state index is 0.0308. The van der Waals surface area contributed by atoms with Gasteiger partial charge in [-0.2, -0.15) is 13.2 Å². The van der Waals surface area contributed by atoms with Crippen LogP contribution < -0.4 is 4.31 Å². The normalized spacial score (nSPS) is 14.7. The Balaban J connectivity index is 1.78. The van der Waals surface area contributed by atoms with Crippen molar-refractivity contribution in [1.82, 2.24) is 5.16 Å². The van der Waals surface area contributed by atoms with Crippen LogP contribution in [0.3, 0.4) is 0 Å². The summed E-state index contributed by atoms with van der Waals surface area (Å²) in [4.78, 5) is 0.0308. The minimum atomic E-state index is -4.66. The molecule has 1 aromatic heterocycles. The zero-order chi connectivity index (χ0) is 20.8. The van der Waals surface area contributed by atoms with Crippen molar-refractivity contribution in [3.05, 3.63) is 65.4 Å². The van der Waals surface area contributed by atoms with Gasteiger partial charge in [-0.3, -0.25) is 4.31 Å². The van der Waals surface area contributed by atoms with Gasteiger partial charge in [0.05, 0.1) is 10.6 Å². The summed E-state index contributed by atoms with van der Waals surface area (Å²) >= 11 is 0. The van der Waals surface area contributed by atoms with E-state index in [4.69, 9.17) is 0 Å². The molecule has 0 amide bonds. The Morgan fingerprint density at radius 2 is 1.86 bits per heavy atom. The second kappa shape index (κ2) is 6.91. The maximum Gasteiger partial charge on any atom is 0.452 e. The largest absolute Gasteiger partial charge is 0.452 e. The van der Waals surface area contributed by atoms with Gasteiger partial charge >= 0.3 is 6.18 Å². The highest BCUT2D eigenvalue weighted by molar-refractivity contribution is 7.92. The Kier molecular flexibility index (Phi) is 4.65. The topological polar surface area (TPSA) is 63.4 Å². The van der Waals surface area contributed by atoms with Crippen molar-refractivity contribution in [2.24, 2.45) is 0 Å². The van der Waals surface area contributed by atoms with Gasteiger partial charge in [0, 0.05) is 18.2 Å². The number of aryl methyl sites for hydroxylation is 2. The molecule has 0 saturated heterocycles. The fourth-order valence-corrected chi connectivity index (χ4v) is 5.24. The maximum atomic E-state index is 13.4. The van der Waals surface area contributed by atoms with E-state index in [0.29, 0.717) is 24.2 Å². The molecule has 29 heavy (non-hydrogen) atoms. The van der Waals surface area contributed by atoms with E-state index in [1.54, 1.807) is 25.1 Å². The molecule has 0 fully saturated rings. The molecule has 0 bridgehead atoms. The van der Waals surface area contributed by atoms with Gasteiger partial charge in [-0.1, -0.05) is 35.5 Å². The van der Waals surface area contributed by atoms with E-state index in [9.17, 15) is 21.6 Å². The van der Waals surface area contributed by atoms with Crippen LogP contribution in [0.15, 0.2) is 57.9 Å². The number of fused-ring (bicyclic) bond motifs is 1. The molecule has 1 aliphatic heterocycles. The first-order chi connectivity index (χ1) is 13.7. The zero-order valence-corrected chi connectivity index (χ0v) is 16.2. The number of sulfonamides is 1. The van der Waals surface area contributed by atoms with Crippen molar-refractivity contribution >= 4 is 15.7 Å². The lowest BCUT2D eigenvalue weighted by atomic mass is 10.0. The lowest BCUT2D eigenvalue weighted by Crippen LogP contribution is -2.35. The van der Waals surface area contributed by atoms with Crippen molar-refractivity contribution in [3.63, 3.8) is 0 Å². The van der Waals surface area contributed by atoms with Crippen molar-refractivity contribution in [3.8, 4) is 11.3 Å². The number of hydrogen-bond acceptors (Lipinski definition) is 4. The predicted octanol–water partition coefficient (Wildman–Crippen LogP) is 4.81. The zero-order valence-electron chi connectivity index (χ0n) is 15.4. The number of hydrogen-bond donors (Lipinski definition) is 0. The molecule has 0 spiro atoms. The molecule has 0 N–H and O–H groups in total. The lowest BCUT2D eigenvalue weighted by molar-refractivity contribution is -0.155. The first kappa shape index (κ1) is 19.5. The average Bonchev–Trinajstić information content (AvgIpc) is 3.18. The molecule has 0 saturated carbocycles. The summed E-state index contributed by atoms with van der Waals surface area (Å²) in [6.45, 7) is 1.99. The van der Waals surface area contributed by atoms with E-state index >= 15 is 0 Å². The predicted molar refractivity (Wildman–Crippen MR) is 101 cm³/mol. The van der Waals surface area contributed by atoms with Crippen molar-refractivity contribution in [2.45, 2.75) is 30.8 Å². The van der Waals surface area contributed by atoms with E-state index in [-0.39, 0.29) is 16.2 Å². The van der Waals surface area contributed by atoms with Crippen LogP contribution in [0.25, 0.3) is 11.3 Å². The van der Waals surface area contributed by atoms with Crippen LogP contribution in [0.2, 0.25) is 0 Å². The summed E-state index contributed by atoms with van der Waals surface area (Å²) < 4.78 is 71.0. The second-order valence-electron chi connectivity index (χ2n) is 6.86. The number of rotatable bonds is 3. The molecule has 4 rings (SSSR count). The summed E-state index contributed by atoms with van der Waals surface area (Å²) in [5, 5.41) is 3.45. The standard InChI is InChI=1S/C20H17F3N2O3S/c1-13-8-9-15(16-12-19(28-24-16)20(21,22)23)11-18(13)29(26,27)25-10-4-6-14-5-2-3-7-17(14)25/h2-3,5,7-9,11-12H,4,6,10H2,1H3. The number of anilines is 1. The summed E-state index contributed by atoms with van der Waals surface area (Å²) in [7, 11) is -3.91. The third kappa shape index (κ3) is 3.50. The summed E-state index contributed by atoms with van der Waals surface area (Å²) in [5.74, 6) is -1.23. The van der Waals surface area contributed by atoms with Gasteiger partial charge in [-0.25, -0.2) is 8.42 Å². The number of nitrogens with zero attached hydrogens (tertiary/aromatic N) is 2. The highest BCUT2D eigenvalue weighted by atomic mass is 32.2. The van der Waals surface area contributed by atoms with E-state index in [1.165, 1.54) is 16.4 Å². The molecule has 0 unspecified atom stereocenters. The molecule has 0 radical (unpaired) electrons. The Labute approximate surface area is 165 Å². The van der Waals surface area contributed by atoms with Crippen LogP contribution in [0.5, 0.6) is 0 Å². The Hall–Kier alpha value is -2.81. The van der Waals surface area contributed by atoms with Crippen LogP contribution in [-0.4, -0.2) is 20.1 Å². The SMILES string of the molecule is Cc1ccc(-c2cc(C(F)(F)F)on2)cc1S(=O)(=O)N1CCCc2ccccc21. The van der Waals surface area contributed by atoms with Crippen LogP contribution in [0.1, 0.15) is 23.3 Å². The number of halogens is 3. The van der Waals surface area contributed by atoms with Crippen molar-refractivity contribution in [2.75, 3.05) is 10.8 Å². The fraction of sp³-hybridized carbons (Fsp3) is 0.250. The van der Waals surface area contributed by atoms with Gasteiger partial charge in [0.1, 0.15) is 5.69 Å². The fourth-order valence-electron chi connectivity index (χ4n) is 3.45. The van der Waals surface area contributed by atoms with E-state index in [0.717, 1.165) is 18.1 Å². The lowest BCUT2D eigenvalue weighted by Gasteiger charge is -2.31. The van der Waals surface area contributed by atoms with Crippen LogP contribution >= 0.6 is 0 Å². The Bertz CT molecular complexity index is 1170. The second-order valence-corrected chi connectivity index (χ2v) is 8.69. The van der Waals surface area contributed by atoms with Crippen LogP contribution in [-0.2, 0) is 22.6 Å². The number of benzene rings is 2. The number of aromatic nitrogens is 1. The maximum absolute atomic E-state index is 13.4. The van der Waals surface area contributed by atoms with Gasteiger partial charge in [0.15, 0.2) is 0 Å². The van der Waals surface area contributed by atoms with E-state index < -0.39 is 22.0 Å². The molecule has 1 aliphatic rings.